The van der Waals surface area contributed by atoms with Crippen molar-refractivity contribution in [3.05, 3.63) is 12.7 Å². The third-order valence-electron chi connectivity index (χ3n) is 5.93. The molecule has 6 nitrogen and oxygen atoms in total. The zero-order chi connectivity index (χ0) is 19.1. The topological polar surface area (TPSA) is 82.4 Å². The Morgan fingerprint density at radius 3 is 2.54 bits per heavy atom. The van der Waals surface area contributed by atoms with Gasteiger partial charge in [0.15, 0.2) is 0 Å². The lowest BCUT2D eigenvalue weighted by Gasteiger charge is -2.38. The maximum atomic E-state index is 13.5. The molecule has 0 aromatic heterocycles. The molecule has 0 aromatic carbocycles. The van der Waals surface area contributed by atoms with Crippen LogP contribution in [0.1, 0.15) is 59.3 Å². The van der Waals surface area contributed by atoms with Crippen molar-refractivity contribution in [3.63, 3.8) is 0 Å². The molecule has 1 unspecified atom stereocenters. The van der Waals surface area contributed by atoms with E-state index in [0.717, 1.165) is 38.5 Å². The van der Waals surface area contributed by atoms with Gasteiger partial charge in [-0.2, -0.15) is 5.26 Å². The number of hydrogen-bond acceptors (Lipinski definition) is 4. The molecule has 3 aliphatic rings. The highest BCUT2D eigenvalue weighted by atomic mass is 16.6. The second-order valence-corrected chi connectivity index (χ2v) is 8.91. The fourth-order valence-corrected chi connectivity index (χ4v) is 4.56. The smallest absolute Gasteiger partial charge is 0.408 e. The van der Waals surface area contributed by atoms with E-state index in [1.807, 2.05) is 6.08 Å². The molecule has 0 aromatic rings. The van der Waals surface area contributed by atoms with E-state index < -0.39 is 29.2 Å². The van der Waals surface area contributed by atoms with Crippen molar-refractivity contribution in [2.24, 2.45) is 11.3 Å². The number of ether oxygens (including phenoxy) is 1. The Kier molecular flexibility index (Phi) is 4.76. The molecule has 2 amide bonds. The second-order valence-electron chi connectivity index (χ2n) is 8.91. The normalized spacial score (nSPS) is 30.1. The van der Waals surface area contributed by atoms with E-state index in [-0.39, 0.29) is 11.9 Å². The van der Waals surface area contributed by atoms with Crippen LogP contribution in [0.5, 0.6) is 0 Å². The van der Waals surface area contributed by atoms with E-state index >= 15 is 0 Å². The van der Waals surface area contributed by atoms with Gasteiger partial charge in [0.25, 0.3) is 0 Å². The first kappa shape index (κ1) is 18.8. The Bertz CT molecular complexity index is 640. The summed E-state index contributed by atoms with van der Waals surface area (Å²) in [6, 6.07) is 1.29. The summed E-state index contributed by atoms with van der Waals surface area (Å²) in [4.78, 5) is 27.6. The van der Waals surface area contributed by atoms with Gasteiger partial charge in [-0.1, -0.05) is 18.9 Å². The molecule has 6 heteroatoms. The highest BCUT2D eigenvalue weighted by molar-refractivity contribution is 5.88. The minimum Gasteiger partial charge on any atom is -0.444 e. The van der Waals surface area contributed by atoms with E-state index in [1.54, 1.807) is 25.7 Å². The summed E-state index contributed by atoms with van der Waals surface area (Å²) in [6.45, 7) is 9.35. The first-order chi connectivity index (χ1) is 12.2. The van der Waals surface area contributed by atoms with Gasteiger partial charge in [0, 0.05) is 11.5 Å². The molecule has 26 heavy (non-hydrogen) atoms. The van der Waals surface area contributed by atoms with Crippen LogP contribution in [0.2, 0.25) is 0 Å². The summed E-state index contributed by atoms with van der Waals surface area (Å²) in [5.41, 5.74) is -1.11. The standard InChI is InChI=1S/C20H29N3O3/c1-5-20(8-6-7-9-20)16(22-18(25)26-19(2,3)4)17(24)23-14(12-21)10-13-11-15(13)23/h5,13-16H,1,6-11H2,2-4H3,(H,22,25)/t13-,14+,15+,16?/m1/s1. The molecule has 4 atom stereocenters. The van der Waals surface area contributed by atoms with Gasteiger partial charge in [-0.15, -0.1) is 6.58 Å². The Labute approximate surface area is 155 Å². The van der Waals surface area contributed by atoms with Crippen molar-refractivity contribution in [1.29, 1.82) is 5.26 Å². The van der Waals surface area contributed by atoms with Crippen LogP contribution >= 0.6 is 0 Å². The predicted octanol–water partition coefficient (Wildman–Crippen LogP) is 3.14. The number of piperidine rings is 1. The second kappa shape index (κ2) is 6.61. The highest BCUT2D eigenvalue weighted by Crippen LogP contribution is 2.50. The van der Waals surface area contributed by atoms with Crippen LogP contribution in [0, 0.1) is 22.7 Å². The summed E-state index contributed by atoms with van der Waals surface area (Å²) >= 11 is 0. The van der Waals surface area contributed by atoms with Crippen LogP contribution in [0.4, 0.5) is 4.79 Å². The van der Waals surface area contributed by atoms with Crippen LogP contribution in [-0.4, -0.2) is 40.6 Å². The molecule has 2 saturated carbocycles. The largest absolute Gasteiger partial charge is 0.444 e. The third-order valence-corrected chi connectivity index (χ3v) is 5.93. The third kappa shape index (κ3) is 3.44. The molecule has 0 radical (unpaired) electrons. The summed E-state index contributed by atoms with van der Waals surface area (Å²) in [5.74, 6) is 0.281. The number of nitrogens with one attached hydrogen (secondary N) is 1. The molecule has 142 valence electrons. The van der Waals surface area contributed by atoms with Crippen molar-refractivity contribution in [2.75, 3.05) is 0 Å². The summed E-state index contributed by atoms with van der Waals surface area (Å²) < 4.78 is 5.40. The lowest BCUT2D eigenvalue weighted by atomic mass is 9.77. The zero-order valence-electron chi connectivity index (χ0n) is 16.0. The number of hydrogen-bond donors (Lipinski definition) is 1. The molecule has 3 rings (SSSR count). The van der Waals surface area contributed by atoms with Crippen LogP contribution in [0.25, 0.3) is 0 Å². The van der Waals surface area contributed by atoms with Gasteiger partial charge in [-0.3, -0.25) is 4.79 Å². The van der Waals surface area contributed by atoms with Gasteiger partial charge in [-0.25, -0.2) is 4.79 Å². The number of nitriles is 1. The van der Waals surface area contributed by atoms with Crippen molar-refractivity contribution in [1.82, 2.24) is 10.2 Å². The van der Waals surface area contributed by atoms with Crippen molar-refractivity contribution >= 4 is 12.0 Å². The highest BCUT2D eigenvalue weighted by Gasteiger charge is 2.57. The molecule has 1 saturated heterocycles. The minimum absolute atomic E-state index is 0.151. The van der Waals surface area contributed by atoms with Crippen LogP contribution in [0.15, 0.2) is 12.7 Å². The van der Waals surface area contributed by atoms with Gasteiger partial charge in [-0.05, 0) is 52.4 Å². The minimum atomic E-state index is -0.729. The summed E-state index contributed by atoms with van der Waals surface area (Å²) in [7, 11) is 0. The molecule has 2 aliphatic carbocycles. The van der Waals surface area contributed by atoms with Crippen molar-refractivity contribution in [3.8, 4) is 6.07 Å². The fraction of sp³-hybridized carbons (Fsp3) is 0.750. The first-order valence-corrected chi connectivity index (χ1v) is 9.56. The number of nitrogens with zero attached hydrogens (tertiary/aromatic N) is 2. The zero-order valence-corrected chi connectivity index (χ0v) is 16.0. The predicted molar refractivity (Wildman–Crippen MR) is 97.0 cm³/mol. The number of amides is 2. The summed E-state index contributed by atoms with van der Waals surface area (Å²) in [6.07, 6.45) is 6.55. The summed E-state index contributed by atoms with van der Waals surface area (Å²) in [5, 5.41) is 12.3. The maximum Gasteiger partial charge on any atom is 0.408 e. The molecule has 0 bridgehead atoms. The van der Waals surface area contributed by atoms with Gasteiger partial charge >= 0.3 is 6.09 Å². The van der Waals surface area contributed by atoms with Crippen molar-refractivity contribution in [2.45, 2.75) is 83.0 Å². The Morgan fingerprint density at radius 2 is 2.00 bits per heavy atom. The van der Waals surface area contributed by atoms with E-state index in [4.69, 9.17) is 4.74 Å². The number of alkyl carbamates (subject to hydrolysis) is 1. The SMILES string of the molecule is C=CC1(C(NC(=O)OC(C)(C)C)C(=O)N2[C@H](C#N)C[C@@H]3C[C@@H]32)CCCC1. The van der Waals surface area contributed by atoms with Gasteiger partial charge in [0.05, 0.1) is 6.07 Å². The Balaban J connectivity index is 1.85. The lowest BCUT2D eigenvalue weighted by molar-refractivity contribution is -0.137. The average Bonchev–Trinajstić information content (AvgIpc) is 3.01. The van der Waals surface area contributed by atoms with Crippen LogP contribution < -0.4 is 5.32 Å². The molecule has 1 heterocycles. The van der Waals surface area contributed by atoms with E-state index in [1.165, 1.54) is 0 Å². The average molecular weight is 359 g/mol. The van der Waals surface area contributed by atoms with Crippen LogP contribution in [-0.2, 0) is 9.53 Å². The number of carbonyl (C=O) groups is 2. The molecule has 1 N–H and O–H groups in total. The molecular weight excluding hydrogens is 330 g/mol. The van der Waals surface area contributed by atoms with Gasteiger partial charge in [0.2, 0.25) is 5.91 Å². The number of carbonyl (C=O) groups excluding carboxylic acids is 2. The van der Waals surface area contributed by atoms with Crippen LogP contribution in [0.3, 0.4) is 0 Å². The lowest BCUT2D eigenvalue weighted by Crippen LogP contribution is -2.58. The monoisotopic (exact) mass is 359 g/mol. The maximum absolute atomic E-state index is 13.5. The van der Waals surface area contributed by atoms with E-state index in [0.29, 0.717) is 5.92 Å². The van der Waals surface area contributed by atoms with Gasteiger partial charge < -0.3 is 15.0 Å². The molecule has 1 aliphatic heterocycles. The van der Waals surface area contributed by atoms with E-state index in [9.17, 15) is 14.9 Å². The molecule has 3 fully saturated rings. The van der Waals surface area contributed by atoms with E-state index in [2.05, 4.69) is 18.0 Å². The fourth-order valence-electron chi connectivity index (χ4n) is 4.56. The molecule has 0 spiro atoms. The molecular formula is C20H29N3O3. The number of rotatable bonds is 4. The number of likely N-dealkylation sites (tertiary alicyclic amines) is 1. The Hall–Kier alpha value is -2.03. The Morgan fingerprint density at radius 1 is 1.35 bits per heavy atom. The van der Waals surface area contributed by atoms with Gasteiger partial charge in [0.1, 0.15) is 17.7 Å². The first-order valence-electron chi connectivity index (χ1n) is 9.56. The van der Waals surface area contributed by atoms with Crippen molar-refractivity contribution < 1.29 is 14.3 Å². The number of fused-ring (bicyclic) bond motifs is 1. The quantitative estimate of drug-likeness (QED) is 0.782.